The summed E-state index contributed by atoms with van der Waals surface area (Å²) >= 11 is 0. The minimum absolute atomic E-state index is 0.0386. The minimum Gasteiger partial charge on any atom is -0.495 e. The van der Waals surface area contributed by atoms with Crippen LogP contribution in [-0.2, 0) is 0 Å². The third-order valence-electron chi connectivity index (χ3n) is 4.91. The maximum atomic E-state index is 12.5. The van der Waals surface area contributed by atoms with Crippen molar-refractivity contribution in [2.24, 2.45) is 0 Å². The van der Waals surface area contributed by atoms with Crippen molar-refractivity contribution in [2.75, 3.05) is 19.0 Å². The van der Waals surface area contributed by atoms with Gasteiger partial charge in [0, 0.05) is 42.0 Å². The topological polar surface area (TPSA) is 79.0 Å². The number of rotatable bonds is 6. The molecule has 4 rings (SSSR count). The Bertz CT molecular complexity index is 1110. The summed E-state index contributed by atoms with van der Waals surface area (Å²) in [5.74, 6) is 0.575. The van der Waals surface area contributed by atoms with Crippen LogP contribution in [0.5, 0.6) is 5.75 Å². The molecule has 0 saturated carbocycles. The van der Waals surface area contributed by atoms with Crippen molar-refractivity contribution in [3.05, 3.63) is 90.4 Å². The van der Waals surface area contributed by atoms with Gasteiger partial charge in [-0.15, -0.1) is 0 Å². The number of anilines is 1. The summed E-state index contributed by atoms with van der Waals surface area (Å²) in [6.07, 6.45) is 5.59. The molecule has 1 atom stereocenters. The lowest BCUT2D eigenvalue weighted by atomic mass is 9.92. The van der Waals surface area contributed by atoms with Crippen molar-refractivity contribution in [1.82, 2.24) is 15.3 Å². The van der Waals surface area contributed by atoms with E-state index in [2.05, 4.69) is 26.7 Å². The number of fused-ring (bicyclic) bond motifs is 1. The predicted octanol–water partition coefficient (Wildman–Crippen LogP) is 4.53. The van der Waals surface area contributed by atoms with Crippen LogP contribution in [0.15, 0.2) is 79.3 Å². The molecule has 0 aliphatic rings. The standard InChI is InChI=1S/C23H22N4O2/c1-29-22-11-5-4-10-21(22)27-23(28)26-14-18(16-7-6-12-24-13-16)19-15-25-20-9-3-2-8-17(19)20/h2-13,15,18,25H,14H2,1H3,(H2,26,27,28)/t18-/m0/s1. The van der Waals surface area contributed by atoms with Gasteiger partial charge in [-0.05, 0) is 35.4 Å². The molecular weight excluding hydrogens is 364 g/mol. The van der Waals surface area contributed by atoms with E-state index in [-0.39, 0.29) is 11.9 Å². The molecule has 3 N–H and O–H groups in total. The highest BCUT2D eigenvalue weighted by atomic mass is 16.5. The van der Waals surface area contributed by atoms with E-state index in [1.165, 1.54) is 0 Å². The third kappa shape index (κ3) is 4.06. The second kappa shape index (κ2) is 8.48. The molecule has 0 radical (unpaired) electrons. The van der Waals surface area contributed by atoms with Crippen LogP contribution >= 0.6 is 0 Å². The van der Waals surface area contributed by atoms with Gasteiger partial charge in [0.05, 0.1) is 12.8 Å². The Kier molecular flexibility index (Phi) is 5.42. The fourth-order valence-electron chi connectivity index (χ4n) is 3.48. The smallest absolute Gasteiger partial charge is 0.319 e. The van der Waals surface area contributed by atoms with Gasteiger partial charge in [0.15, 0.2) is 0 Å². The number of pyridine rings is 1. The summed E-state index contributed by atoms with van der Waals surface area (Å²) in [7, 11) is 1.58. The molecule has 6 nitrogen and oxygen atoms in total. The van der Waals surface area contributed by atoms with Gasteiger partial charge in [-0.3, -0.25) is 4.98 Å². The van der Waals surface area contributed by atoms with Crippen LogP contribution in [0.2, 0.25) is 0 Å². The number of amides is 2. The van der Waals surface area contributed by atoms with Gasteiger partial charge < -0.3 is 20.4 Å². The number of aromatic amines is 1. The number of hydrogen-bond acceptors (Lipinski definition) is 3. The fraction of sp³-hybridized carbons (Fsp3) is 0.130. The molecule has 2 heterocycles. The summed E-state index contributed by atoms with van der Waals surface area (Å²) in [5.41, 5.74) is 3.84. The third-order valence-corrected chi connectivity index (χ3v) is 4.91. The van der Waals surface area contributed by atoms with Crippen molar-refractivity contribution in [3.8, 4) is 5.75 Å². The van der Waals surface area contributed by atoms with Crippen LogP contribution in [0.1, 0.15) is 17.0 Å². The molecule has 0 spiro atoms. The summed E-state index contributed by atoms with van der Waals surface area (Å²) in [6.45, 7) is 0.425. The Morgan fingerprint density at radius 3 is 2.76 bits per heavy atom. The maximum Gasteiger partial charge on any atom is 0.319 e. The number of H-pyrrole nitrogens is 1. The highest BCUT2D eigenvalue weighted by Crippen LogP contribution is 2.30. The molecule has 2 aromatic heterocycles. The highest BCUT2D eigenvalue weighted by Gasteiger charge is 2.19. The molecule has 0 fully saturated rings. The molecule has 0 aliphatic carbocycles. The van der Waals surface area contributed by atoms with Crippen LogP contribution in [0.3, 0.4) is 0 Å². The molecule has 0 saturated heterocycles. The first-order valence-corrected chi connectivity index (χ1v) is 9.40. The predicted molar refractivity (Wildman–Crippen MR) is 114 cm³/mol. The average Bonchev–Trinajstić information content (AvgIpc) is 3.19. The number of aromatic nitrogens is 2. The average molecular weight is 386 g/mol. The lowest BCUT2D eigenvalue weighted by molar-refractivity contribution is 0.251. The first kappa shape index (κ1) is 18.6. The SMILES string of the molecule is COc1ccccc1NC(=O)NC[C@@H](c1cccnc1)c1c[nH]c2ccccc12. The van der Waals surface area contributed by atoms with Gasteiger partial charge in [-0.2, -0.15) is 0 Å². The Morgan fingerprint density at radius 1 is 1.10 bits per heavy atom. The number of para-hydroxylation sites is 3. The van der Waals surface area contributed by atoms with Gasteiger partial charge in [0.1, 0.15) is 5.75 Å². The Morgan fingerprint density at radius 2 is 1.93 bits per heavy atom. The maximum absolute atomic E-state index is 12.5. The Hall–Kier alpha value is -3.80. The number of methoxy groups -OCH3 is 1. The molecule has 2 aromatic carbocycles. The van der Waals surface area contributed by atoms with Gasteiger partial charge >= 0.3 is 6.03 Å². The normalized spacial score (nSPS) is 11.8. The molecule has 0 aliphatic heterocycles. The summed E-state index contributed by atoms with van der Waals surface area (Å²) in [6, 6.07) is 19.1. The molecule has 29 heavy (non-hydrogen) atoms. The van der Waals surface area contributed by atoms with Crippen LogP contribution in [0, 0.1) is 0 Å². The van der Waals surface area contributed by atoms with E-state index in [0.29, 0.717) is 18.0 Å². The Labute approximate surface area is 168 Å². The summed E-state index contributed by atoms with van der Waals surface area (Å²) < 4.78 is 5.29. The van der Waals surface area contributed by atoms with Gasteiger partial charge in [-0.1, -0.05) is 36.4 Å². The molecule has 4 aromatic rings. The molecule has 0 bridgehead atoms. The Balaban J connectivity index is 1.56. The lowest BCUT2D eigenvalue weighted by Crippen LogP contribution is -2.32. The van der Waals surface area contributed by atoms with E-state index in [1.807, 2.05) is 54.9 Å². The first-order valence-electron chi connectivity index (χ1n) is 9.40. The zero-order chi connectivity index (χ0) is 20.1. The van der Waals surface area contributed by atoms with Crippen molar-refractivity contribution < 1.29 is 9.53 Å². The molecule has 2 amide bonds. The summed E-state index contributed by atoms with van der Waals surface area (Å²) in [4.78, 5) is 20.1. The van der Waals surface area contributed by atoms with Crippen molar-refractivity contribution in [1.29, 1.82) is 0 Å². The van der Waals surface area contributed by atoms with Gasteiger partial charge in [0.2, 0.25) is 0 Å². The number of benzene rings is 2. The van der Waals surface area contributed by atoms with Crippen LogP contribution < -0.4 is 15.4 Å². The molecular formula is C23H22N4O2. The number of nitrogens with zero attached hydrogens (tertiary/aromatic N) is 1. The first-order chi connectivity index (χ1) is 14.3. The highest BCUT2D eigenvalue weighted by molar-refractivity contribution is 5.91. The summed E-state index contributed by atoms with van der Waals surface area (Å²) in [5, 5.41) is 6.97. The molecule has 0 unspecified atom stereocenters. The number of urea groups is 1. The van der Waals surface area contributed by atoms with Crippen molar-refractivity contribution >= 4 is 22.6 Å². The largest absolute Gasteiger partial charge is 0.495 e. The number of carbonyl (C=O) groups is 1. The zero-order valence-corrected chi connectivity index (χ0v) is 16.1. The van der Waals surface area contributed by atoms with E-state index < -0.39 is 0 Å². The van der Waals surface area contributed by atoms with Crippen molar-refractivity contribution in [2.45, 2.75) is 5.92 Å². The van der Waals surface area contributed by atoms with Crippen LogP contribution in [0.4, 0.5) is 10.5 Å². The number of ether oxygens (including phenoxy) is 1. The van der Waals surface area contributed by atoms with E-state index >= 15 is 0 Å². The second-order valence-corrected chi connectivity index (χ2v) is 6.66. The fourth-order valence-corrected chi connectivity index (χ4v) is 3.48. The monoisotopic (exact) mass is 386 g/mol. The van der Waals surface area contributed by atoms with Gasteiger partial charge in [-0.25, -0.2) is 4.79 Å². The van der Waals surface area contributed by atoms with Crippen LogP contribution in [0.25, 0.3) is 10.9 Å². The number of nitrogens with one attached hydrogen (secondary N) is 3. The molecule has 6 heteroatoms. The van der Waals surface area contributed by atoms with E-state index in [0.717, 1.165) is 22.0 Å². The second-order valence-electron chi connectivity index (χ2n) is 6.66. The van der Waals surface area contributed by atoms with E-state index in [1.54, 1.807) is 25.4 Å². The van der Waals surface area contributed by atoms with Crippen molar-refractivity contribution in [3.63, 3.8) is 0 Å². The number of carbonyl (C=O) groups excluding carboxylic acids is 1. The minimum atomic E-state index is -0.289. The lowest BCUT2D eigenvalue weighted by Gasteiger charge is -2.18. The number of hydrogen-bond donors (Lipinski definition) is 3. The van der Waals surface area contributed by atoms with E-state index in [4.69, 9.17) is 4.74 Å². The van der Waals surface area contributed by atoms with E-state index in [9.17, 15) is 4.79 Å². The molecule has 146 valence electrons. The van der Waals surface area contributed by atoms with Crippen LogP contribution in [-0.4, -0.2) is 29.7 Å². The quantitative estimate of drug-likeness (QED) is 0.456. The zero-order valence-electron chi connectivity index (χ0n) is 16.1. The van der Waals surface area contributed by atoms with Gasteiger partial charge in [0.25, 0.3) is 0 Å².